The third-order valence-electron chi connectivity index (χ3n) is 6.54. The molecule has 0 heterocycles. The van der Waals surface area contributed by atoms with E-state index in [2.05, 4.69) is 0 Å². The number of unbranched alkanes of at least 4 members (excludes halogenated alkanes) is 4. The van der Waals surface area contributed by atoms with Crippen LogP contribution in [0, 0.1) is 11.8 Å². The molecule has 0 aromatic rings. The fourth-order valence-corrected chi connectivity index (χ4v) is 4.38. The van der Waals surface area contributed by atoms with Gasteiger partial charge in [0, 0.05) is 11.8 Å². The van der Waals surface area contributed by atoms with Crippen LogP contribution in [0.3, 0.4) is 0 Å². The number of carbonyl (C=O) groups is 8. The van der Waals surface area contributed by atoms with Crippen LogP contribution in [0.15, 0.2) is 0 Å². The molecule has 0 amide bonds. The number of ketones is 8. The van der Waals surface area contributed by atoms with Gasteiger partial charge < -0.3 is 20.4 Å². The molecule has 0 saturated heterocycles. The minimum absolute atomic E-state index is 0. The molecular formula is C36H60HfO12. The maximum absolute atomic E-state index is 11.8. The largest absolute Gasteiger partial charge is 4.00 e. The Labute approximate surface area is 312 Å². The zero-order valence-corrected chi connectivity index (χ0v) is 34.3. The SMILES string of the molecule is CC(=O)CC(=O)C(CCCC[O-])CCCC[O-].CC(=O)CC(=O)C(CCCC[O-])CCCC[O-].CC(=O)CC(C)=O.CC(=O)CC(C)=O.[Hf+4]. The minimum atomic E-state index is -0.142. The third-order valence-corrected chi connectivity index (χ3v) is 6.54. The number of rotatable bonds is 26. The summed E-state index contributed by atoms with van der Waals surface area (Å²) in [5.41, 5.74) is 0. The molecule has 49 heavy (non-hydrogen) atoms. The van der Waals surface area contributed by atoms with Crippen LogP contribution < -0.4 is 20.4 Å². The minimum Gasteiger partial charge on any atom is -0.854 e. The Morgan fingerprint density at radius 1 is 0.347 bits per heavy atom. The Morgan fingerprint density at radius 3 is 0.653 bits per heavy atom. The summed E-state index contributed by atoms with van der Waals surface area (Å²) >= 11 is 0. The normalized spacial score (nSPS) is 9.88. The topological polar surface area (TPSA) is 229 Å². The number of hydrogen-bond donors (Lipinski definition) is 0. The summed E-state index contributed by atoms with van der Waals surface area (Å²) in [6.45, 7) is 7.96. The standard InChI is InChI=1S/2C13H22O4.2C5H8O2.Hf/c2*1-11(16)10-13(17)12(6-2-4-8-14)7-3-5-9-15;2*1-4(6)3-5(2)7;/h2*12H,2-10H2,1H3;2*3H2,1-2H3;/q2*-2;;;+4. The molecule has 0 aliphatic carbocycles. The Kier molecular flexibility index (Phi) is 46.7. The smallest absolute Gasteiger partial charge is 0.854 e. The van der Waals surface area contributed by atoms with Gasteiger partial charge in [0.05, 0.1) is 25.7 Å². The molecule has 0 aromatic carbocycles. The Balaban J connectivity index is -0.000000189. The van der Waals surface area contributed by atoms with Crippen LogP contribution in [0.25, 0.3) is 0 Å². The second-order valence-corrected chi connectivity index (χ2v) is 12.0. The van der Waals surface area contributed by atoms with E-state index in [1.807, 2.05) is 0 Å². The number of hydrogen-bond acceptors (Lipinski definition) is 12. The molecule has 0 aliphatic rings. The van der Waals surface area contributed by atoms with Crippen molar-refractivity contribution in [2.24, 2.45) is 11.8 Å². The van der Waals surface area contributed by atoms with Gasteiger partial charge in [0.15, 0.2) is 0 Å². The molecule has 0 unspecified atom stereocenters. The van der Waals surface area contributed by atoms with E-state index in [1.54, 1.807) is 0 Å². The first-order valence-electron chi connectivity index (χ1n) is 16.8. The summed E-state index contributed by atoms with van der Waals surface area (Å²) in [7, 11) is 0. The molecule has 0 fully saturated rings. The van der Waals surface area contributed by atoms with E-state index in [-0.39, 0.29) is 136 Å². The molecule has 0 bridgehead atoms. The molecular weight excluding hydrogens is 803 g/mol. The molecule has 0 aromatic heterocycles. The second-order valence-electron chi connectivity index (χ2n) is 12.0. The number of carbonyl (C=O) groups excluding carboxylic acids is 8. The average molecular weight is 863 g/mol. The molecule has 12 nitrogen and oxygen atoms in total. The average Bonchev–Trinajstić information content (AvgIpc) is 2.94. The van der Waals surface area contributed by atoms with Crippen molar-refractivity contribution in [3.05, 3.63) is 0 Å². The van der Waals surface area contributed by atoms with Crippen molar-refractivity contribution in [1.29, 1.82) is 0 Å². The van der Waals surface area contributed by atoms with E-state index in [1.165, 1.54) is 41.5 Å². The molecule has 280 valence electrons. The summed E-state index contributed by atoms with van der Waals surface area (Å²) in [6, 6.07) is 0. The van der Waals surface area contributed by atoms with Gasteiger partial charge in [0.25, 0.3) is 0 Å². The molecule has 0 radical (unpaired) electrons. The van der Waals surface area contributed by atoms with Gasteiger partial charge in [-0.25, -0.2) is 0 Å². The van der Waals surface area contributed by atoms with E-state index in [4.69, 9.17) is 0 Å². The summed E-state index contributed by atoms with van der Waals surface area (Å²) in [5, 5.41) is 41.4. The third kappa shape index (κ3) is 50.6. The summed E-state index contributed by atoms with van der Waals surface area (Å²) in [6.07, 6.45) is 8.06. The van der Waals surface area contributed by atoms with E-state index >= 15 is 0 Å². The fourth-order valence-electron chi connectivity index (χ4n) is 4.38. The Bertz CT molecular complexity index is 815. The molecule has 0 spiro atoms. The fraction of sp³-hybridized carbons (Fsp3) is 0.778. The van der Waals surface area contributed by atoms with Crippen LogP contribution >= 0.6 is 0 Å². The van der Waals surface area contributed by atoms with Gasteiger partial charge in [-0.1, -0.05) is 51.4 Å². The van der Waals surface area contributed by atoms with Crippen molar-refractivity contribution in [3.63, 3.8) is 0 Å². The van der Waals surface area contributed by atoms with Crippen molar-refractivity contribution < 1.29 is 84.6 Å². The van der Waals surface area contributed by atoms with Gasteiger partial charge in [0.1, 0.15) is 46.3 Å². The van der Waals surface area contributed by atoms with Crippen molar-refractivity contribution >= 4 is 46.3 Å². The van der Waals surface area contributed by atoms with Gasteiger partial charge in [0.2, 0.25) is 0 Å². The first-order valence-corrected chi connectivity index (χ1v) is 16.8. The molecule has 0 rings (SSSR count). The monoisotopic (exact) mass is 864 g/mol. The maximum Gasteiger partial charge on any atom is 4.00 e. The maximum atomic E-state index is 11.8. The van der Waals surface area contributed by atoms with Crippen LogP contribution in [0.1, 0.15) is 144 Å². The van der Waals surface area contributed by atoms with Gasteiger partial charge in [-0.05, 0) is 67.2 Å². The number of Topliss-reactive ketones (excluding diaryl/α,β-unsaturated/α-hetero) is 8. The predicted octanol–water partition coefficient (Wildman–Crippen LogP) is 1.53. The first-order chi connectivity index (χ1) is 22.5. The van der Waals surface area contributed by atoms with E-state index in [9.17, 15) is 58.8 Å². The Morgan fingerprint density at radius 2 is 0.531 bits per heavy atom. The summed E-state index contributed by atoms with van der Waals surface area (Å²) in [5.74, 6) is -0.835. The Hall–Kier alpha value is -1.93. The van der Waals surface area contributed by atoms with Gasteiger partial charge in [-0.3, -0.25) is 38.4 Å². The van der Waals surface area contributed by atoms with E-state index in [0.717, 1.165) is 25.7 Å². The van der Waals surface area contributed by atoms with Crippen molar-refractivity contribution in [2.75, 3.05) is 26.4 Å². The van der Waals surface area contributed by atoms with Crippen molar-refractivity contribution in [3.8, 4) is 0 Å². The van der Waals surface area contributed by atoms with Crippen LogP contribution in [0.4, 0.5) is 0 Å². The van der Waals surface area contributed by atoms with Crippen LogP contribution in [0.5, 0.6) is 0 Å². The molecule has 0 atom stereocenters. The first kappa shape index (κ1) is 56.4. The second kappa shape index (κ2) is 40.5. The van der Waals surface area contributed by atoms with Gasteiger partial charge >= 0.3 is 25.8 Å². The van der Waals surface area contributed by atoms with Crippen LogP contribution in [-0.4, -0.2) is 72.7 Å². The van der Waals surface area contributed by atoms with Crippen molar-refractivity contribution in [1.82, 2.24) is 0 Å². The van der Waals surface area contributed by atoms with Crippen molar-refractivity contribution in [2.45, 2.75) is 144 Å². The predicted molar refractivity (Wildman–Crippen MR) is 174 cm³/mol. The zero-order chi connectivity index (χ0) is 37.9. The molecule has 13 heteroatoms. The van der Waals surface area contributed by atoms with Crippen LogP contribution in [0.2, 0.25) is 0 Å². The summed E-state index contributed by atoms with van der Waals surface area (Å²) < 4.78 is 0. The molecule has 0 aliphatic heterocycles. The van der Waals surface area contributed by atoms with Crippen LogP contribution in [-0.2, 0) is 64.2 Å². The van der Waals surface area contributed by atoms with Gasteiger partial charge in [-0.2, -0.15) is 0 Å². The van der Waals surface area contributed by atoms with E-state index < -0.39 is 0 Å². The zero-order valence-electron chi connectivity index (χ0n) is 30.7. The quantitative estimate of drug-likeness (QED) is 0.0685. The molecule has 0 saturated carbocycles. The van der Waals surface area contributed by atoms with E-state index in [0.29, 0.717) is 51.4 Å². The van der Waals surface area contributed by atoms with Gasteiger partial charge in [-0.15, -0.1) is 26.4 Å². The molecule has 0 N–H and O–H groups in total. The summed E-state index contributed by atoms with van der Waals surface area (Å²) in [4.78, 5) is 85.5.